The lowest BCUT2D eigenvalue weighted by Gasteiger charge is -2.40. The maximum Gasteiger partial charge on any atom is 0.255 e. The fourth-order valence-corrected chi connectivity index (χ4v) is 4.82. The van der Waals surface area contributed by atoms with E-state index in [1.54, 1.807) is 0 Å². The Kier molecular flexibility index (Phi) is 5.04. The van der Waals surface area contributed by atoms with E-state index in [4.69, 9.17) is 4.98 Å². The molecule has 0 radical (unpaired) electrons. The van der Waals surface area contributed by atoms with Crippen molar-refractivity contribution in [2.24, 2.45) is 0 Å². The fourth-order valence-electron chi connectivity index (χ4n) is 4.82. The van der Waals surface area contributed by atoms with Gasteiger partial charge >= 0.3 is 0 Å². The first-order valence-electron chi connectivity index (χ1n) is 10.1. The van der Waals surface area contributed by atoms with Gasteiger partial charge in [0.1, 0.15) is 0 Å². The number of benzene rings is 1. The van der Waals surface area contributed by atoms with Gasteiger partial charge in [0.25, 0.3) is 5.56 Å². The lowest BCUT2D eigenvalue weighted by Crippen LogP contribution is -2.46. The molecule has 27 heavy (non-hydrogen) atoms. The average Bonchev–Trinajstić information content (AvgIpc) is 3.01. The maximum atomic E-state index is 12.5. The summed E-state index contributed by atoms with van der Waals surface area (Å²) in [5.74, 6) is 0.682. The Balaban J connectivity index is 1.48. The molecule has 1 aliphatic heterocycles. The third-order valence-corrected chi connectivity index (χ3v) is 6.22. The van der Waals surface area contributed by atoms with Gasteiger partial charge in [0, 0.05) is 31.6 Å². The van der Waals surface area contributed by atoms with Crippen molar-refractivity contribution in [2.45, 2.75) is 43.9 Å². The second-order valence-corrected chi connectivity index (χ2v) is 8.36. The minimum absolute atomic E-state index is 0.0572. The molecule has 1 aliphatic carbocycles. The van der Waals surface area contributed by atoms with Crippen LogP contribution < -0.4 is 10.5 Å². The predicted molar refractivity (Wildman–Crippen MR) is 110 cm³/mol. The van der Waals surface area contributed by atoms with Crippen LogP contribution in [0.25, 0.3) is 0 Å². The molecule has 0 amide bonds. The Bertz CT molecular complexity index is 845. The van der Waals surface area contributed by atoms with Crippen molar-refractivity contribution in [3.63, 3.8) is 0 Å². The van der Waals surface area contributed by atoms with Crippen molar-refractivity contribution in [1.82, 2.24) is 14.9 Å². The molecule has 5 heteroatoms. The minimum Gasteiger partial charge on any atom is -0.348 e. The monoisotopic (exact) mass is 366 g/mol. The van der Waals surface area contributed by atoms with Crippen LogP contribution in [0.5, 0.6) is 0 Å². The SMILES string of the molecule is CN(C)c1nc2c(c(=O)[nH]1)CCC21CCCN(CCCc2ccccc2)C1. The molecule has 4 rings (SSSR count). The number of likely N-dealkylation sites (tertiary alicyclic amines) is 1. The summed E-state index contributed by atoms with van der Waals surface area (Å²) in [5.41, 5.74) is 3.54. The number of hydrogen-bond donors (Lipinski definition) is 1. The van der Waals surface area contributed by atoms with E-state index in [0.717, 1.165) is 56.6 Å². The molecular weight excluding hydrogens is 336 g/mol. The van der Waals surface area contributed by atoms with E-state index in [9.17, 15) is 4.79 Å². The number of fused-ring (bicyclic) bond motifs is 2. The van der Waals surface area contributed by atoms with Crippen LogP contribution in [0.4, 0.5) is 5.95 Å². The maximum absolute atomic E-state index is 12.5. The number of piperidine rings is 1. The third kappa shape index (κ3) is 3.65. The Morgan fingerprint density at radius 1 is 1.22 bits per heavy atom. The molecule has 1 atom stereocenters. The number of nitrogens with one attached hydrogen (secondary N) is 1. The molecule has 144 valence electrons. The first-order valence-corrected chi connectivity index (χ1v) is 10.1. The first-order chi connectivity index (χ1) is 13.1. The molecule has 2 aliphatic rings. The fraction of sp³-hybridized carbons (Fsp3) is 0.545. The molecule has 0 bridgehead atoms. The Morgan fingerprint density at radius 3 is 2.81 bits per heavy atom. The van der Waals surface area contributed by atoms with Gasteiger partial charge in [-0.3, -0.25) is 9.78 Å². The van der Waals surface area contributed by atoms with Crippen molar-refractivity contribution in [2.75, 3.05) is 38.6 Å². The van der Waals surface area contributed by atoms with Gasteiger partial charge < -0.3 is 9.80 Å². The van der Waals surface area contributed by atoms with Crippen LogP contribution in [0.2, 0.25) is 0 Å². The number of hydrogen-bond acceptors (Lipinski definition) is 4. The molecule has 1 fully saturated rings. The smallest absolute Gasteiger partial charge is 0.255 e. The second kappa shape index (κ2) is 7.47. The van der Waals surface area contributed by atoms with E-state index in [2.05, 4.69) is 40.2 Å². The number of H-pyrrole nitrogens is 1. The molecule has 2 heterocycles. The Morgan fingerprint density at radius 2 is 2.04 bits per heavy atom. The zero-order chi connectivity index (χ0) is 18.9. The van der Waals surface area contributed by atoms with Crippen molar-refractivity contribution in [3.05, 3.63) is 57.5 Å². The van der Waals surface area contributed by atoms with E-state index < -0.39 is 0 Å². The quantitative estimate of drug-likeness (QED) is 0.884. The van der Waals surface area contributed by atoms with Gasteiger partial charge in [0.15, 0.2) is 0 Å². The van der Waals surface area contributed by atoms with E-state index >= 15 is 0 Å². The summed E-state index contributed by atoms with van der Waals surface area (Å²) in [4.78, 5) is 24.9. The number of aryl methyl sites for hydroxylation is 1. The van der Waals surface area contributed by atoms with E-state index in [0.29, 0.717) is 5.95 Å². The highest BCUT2D eigenvalue weighted by Crippen LogP contribution is 2.43. The van der Waals surface area contributed by atoms with Gasteiger partial charge in [0.2, 0.25) is 5.95 Å². The summed E-state index contributed by atoms with van der Waals surface area (Å²) in [7, 11) is 3.87. The first kappa shape index (κ1) is 18.2. The molecule has 1 spiro atoms. The highest BCUT2D eigenvalue weighted by molar-refractivity contribution is 5.39. The zero-order valence-corrected chi connectivity index (χ0v) is 16.5. The van der Waals surface area contributed by atoms with Crippen molar-refractivity contribution in [3.8, 4) is 0 Å². The number of anilines is 1. The number of aromatic amines is 1. The van der Waals surface area contributed by atoms with Crippen molar-refractivity contribution in [1.29, 1.82) is 0 Å². The summed E-state index contributed by atoms with van der Waals surface area (Å²) in [6.07, 6.45) is 6.57. The van der Waals surface area contributed by atoms with Crippen LogP contribution in [0.15, 0.2) is 35.1 Å². The standard InChI is InChI=1S/C22H30N4O/c1-25(2)21-23-19-18(20(27)24-21)11-13-22(19)12-7-15-26(16-22)14-6-10-17-8-4-3-5-9-17/h3-5,8-9H,6-7,10-16H2,1-2H3,(H,23,24,27). The Labute approximate surface area is 161 Å². The van der Waals surface area contributed by atoms with Crippen molar-refractivity contribution >= 4 is 5.95 Å². The van der Waals surface area contributed by atoms with Gasteiger partial charge in [-0.25, -0.2) is 4.98 Å². The number of rotatable bonds is 5. The molecule has 2 aromatic rings. The van der Waals surface area contributed by atoms with Crippen LogP contribution in [0.3, 0.4) is 0 Å². The van der Waals surface area contributed by atoms with E-state index in [1.165, 1.54) is 18.4 Å². The van der Waals surface area contributed by atoms with Gasteiger partial charge in [-0.05, 0) is 57.2 Å². The molecule has 1 aromatic carbocycles. The lowest BCUT2D eigenvalue weighted by atomic mass is 9.77. The Hall–Kier alpha value is -2.14. The molecule has 5 nitrogen and oxygen atoms in total. The summed E-state index contributed by atoms with van der Waals surface area (Å²) in [5, 5.41) is 0. The van der Waals surface area contributed by atoms with Crippen LogP contribution in [-0.4, -0.2) is 48.6 Å². The third-order valence-electron chi connectivity index (χ3n) is 6.22. The highest BCUT2D eigenvalue weighted by atomic mass is 16.1. The molecule has 1 unspecified atom stereocenters. The number of aromatic nitrogens is 2. The van der Waals surface area contributed by atoms with E-state index in [-0.39, 0.29) is 11.0 Å². The molecule has 1 N–H and O–H groups in total. The molecular formula is C22H30N4O. The van der Waals surface area contributed by atoms with Crippen LogP contribution >= 0.6 is 0 Å². The summed E-state index contributed by atoms with van der Waals surface area (Å²) >= 11 is 0. The predicted octanol–water partition coefficient (Wildman–Crippen LogP) is 2.75. The van der Waals surface area contributed by atoms with Gasteiger partial charge in [-0.2, -0.15) is 0 Å². The second-order valence-electron chi connectivity index (χ2n) is 8.36. The average molecular weight is 367 g/mol. The molecule has 1 saturated heterocycles. The largest absolute Gasteiger partial charge is 0.348 e. The minimum atomic E-state index is 0.0572. The lowest BCUT2D eigenvalue weighted by molar-refractivity contribution is 0.142. The van der Waals surface area contributed by atoms with Crippen LogP contribution in [-0.2, 0) is 18.3 Å². The van der Waals surface area contributed by atoms with Crippen molar-refractivity contribution < 1.29 is 0 Å². The normalized spacial score (nSPS) is 22.1. The summed E-state index contributed by atoms with van der Waals surface area (Å²) in [6, 6.07) is 10.7. The molecule has 0 saturated carbocycles. The zero-order valence-electron chi connectivity index (χ0n) is 16.5. The van der Waals surface area contributed by atoms with Crippen LogP contribution in [0, 0.1) is 0 Å². The number of nitrogens with zero attached hydrogens (tertiary/aromatic N) is 3. The molecule has 1 aromatic heterocycles. The summed E-state index contributed by atoms with van der Waals surface area (Å²) in [6.45, 7) is 3.32. The highest BCUT2D eigenvalue weighted by Gasteiger charge is 2.44. The van der Waals surface area contributed by atoms with Gasteiger partial charge in [0.05, 0.1) is 5.69 Å². The van der Waals surface area contributed by atoms with Gasteiger partial charge in [-0.1, -0.05) is 30.3 Å². The topological polar surface area (TPSA) is 52.2 Å². The van der Waals surface area contributed by atoms with E-state index in [1.807, 2.05) is 19.0 Å². The summed E-state index contributed by atoms with van der Waals surface area (Å²) < 4.78 is 0. The van der Waals surface area contributed by atoms with Gasteiger partial charge in [-0.15, -0.1) is 0 Å². The van der Waals surface area contributed by atoms with Crippen LogP contribution in [0.1, 0.15) is 42.5 Å².